The highest BCUT2D eigenvalue weighted by molar-refractivity contribution is 14.0. The van der Waals surface area contributed by atoms with E-state index in [4.69, 9.17) is 9.47 Å². The molecule has 0 aromatic heterocycles. The van der Waals surface area contributed by atoms with Gasteiger partial charge in [0.25, 0.3) is 0 Å². The molecule has 1 saturated carbocycles. The number of rotatable bonds is 14. The summed E-state index contributed by atoms with van der Waals surface area (Å²) in [5.74, 6) is 1.47. The summed E-state index contributed by atoms with van der Waals surface area (Å²) in [7, 11) is 1.74. The van der Waals surface area contributed by atoms with Crippen molar-refractivity contribution in [3.8, 4) is 0 Å². The molecule has 0 saturated heterocycles. The van der Waals surface area contributed by atoms with Gasteiger partial charge < -0.3 is 25.4 Å². The second-order valence-corrected chi connectivity index (χ2v) is 7.06. The summed E-state index contributed by atoms with van der Waals surface area (Å²) in [5, 5.41) is 9.38. The quantitative estimate of drug-likeness (QED) is 0.144. The van der Waals surface area contributed by atoms with Crippen molar-refractivity contribution in [2.24, 2.45) is 10.9 Å². The average Bonchev–Trinajstić information content (AvgIpc) is 2.69. The lowest BCUT2D eigenvalue weighted by molar-refractivity contribution is -0.122. The molecule has 0 aliphatic heterocycles. The molecule has 8 heteroatoms. The van der Waals surface area contributed by atoms with Crippen molar-refractivity contribution in [3.63, 3.8) is 0 Å². The van der Waals surface area contributed by atoms with Crippen LogP contribution in [0.25, 0.3) is 0 Å². The maximum atomic E-state index is 12.0. The molecule has 0 aromatic rings. The van der Waals surface area contributed by atoms with Gasteiger partial charge in [0.05, 0.1) is 19.8 Å². The van der Waals surface area contributed by atoms with Crippen LogP contribution in [0.3, 0.4) is 0 Å². The Kier molecular flexibility index (Phi) is 19.3. The number of nitrogens with one attached hydrogen (secondary N) is 3. The van der Waals surface area contributed by atoms with E-state index in [-0.39, 0.29) is 29.9 Å². The van der Waals surface area contributed by atoms with E-state index in [1.165, 1.54) is 32.1 Å². The minimum absolute atomic E-state index is 0. The first-order chi connectivity index (χ1) is 13.3. The zero-order valence-corrected chi connectivity index (χ0v) is 20.1. The first kappa shape index (κ1) is 27.4. The fraction of sp³-hybridized carbons (Fsp3) is 0.900. The number of unbranched alkanes of at least 4 members (excludes halogenated alkanes) is 1. The molecule has 1 fully saturated rings. The van der Waals surface area contributed by atoms with Crippen molar-refractivity contribution in [1.29, 1.82) is 0 Å². The van der Waals surface area contributed by atoms with E-state index in [2.05, 4.69) is 27.9 Å². The SMILES string of the molecule is CCCCOCCOCCNC(=NC)NCCNC(=O)CC1CCCCC1.I. The molecule has 1 aliphatic rings. The Balaban J connectivity index is 0.00000729. The Labute approximate surface area is 188 Å². The van der Waals surface area contributed by atoms with Gasteiger partial charge in [-0.1, -0.05) is 32.6 Å². The van der Waals surface area contributed by atoms with E-state index >= 15 is 0 Å². The van der Waals surface area contributed by atoms with Crippen molar-refractivity contribution < 1.29 is 14.3 Å². The van der Waals surface area contributed by atoms with E-state index in [0.29, 0.717) is 51.8 Å². The fourth-order valence-electron chi connectivity index (χ4n) is 3.14. The number of ether oxygens (including phenoxy) is 2. The molecule has 1 aliphatic carbocycles. The maximum absolute atomic E-state index is 12.0. The smallest absolute Gasteiger partial charge is 0.220 e. The van der Waals surface area contributed by atoms with Crippen LogP contribution < -0.4 is 16.0 Å². The molecule has 1 amide bonds. The van der Waals surface area contributed by atoms with Gasteiger partial charge in [-0.3, -0.25) is 9.79 Å². The number of halogens is 1. The molecule has 0 heterocycles. The van der Waals surface area contributed by atoms with Crippen molar-refractivity contribution in [2.75, 3.05) is 53.1 Å². The third-order valence-corrected chi connectivity index (χ3v) is 4.72. The minimum atomic E-state index is 0. The third-order valence-electron chi connectivity index (χ3n) is 4.72. The molecule has 3 N–H and O–H groups in total. The zero-order chi connectivity index (χ0) is 19.6. The topological polar surface area (TPSA) is 84.0 Å². The van der Waals surface area contributed by atoms with E-state index < -0.39 is 0 Å². The van der Waals surface area contributed by atoms with Crippen LogP contribution in [0.4, 0.5) is 0 Å². The number of hydrogen-bond donors (Lipinski definition) is 3. The number of aliphatic imine (C=N–C) groups is 1. The summed E-state index contributed by atoms with van der Waals surface area (Å²) in [6.07, 6.45) is 9.21. The average molecular weight is 512 g/mol. The van der Waals surface area contributed by atoms with Gasteiger partial charge in [-0.15, -0.1) is 24.0 Å². The van der Waals surface area contributed by atoms with Gasteiger partial charge >= 0.3 is 0 Å². The van der Waals surface area contributed by atoms with Crippen LogP contribution >= 0.6 is 24.0 Å². The van der Waals surface area contributed by atoms with Gasteiger partial charge in [-0.2, -0.15) is 0 Å². The van der Waals surface area contributed by atoms with Gasteiger partial charge in [0.1, 0.15) is 0 Å². The van der Waals surface area contributed by atoms with Crippen LogP contribution in [0.2, 0.25) is 0 Å². The van der Waals surface area contributed by atoms with E-state index in [0.717, 1.165) is 25.4 Å². The van der Waals surface area contributed by atoms with E-state index in [9.17, 15) is 4.79 Å². The van der Waals surface area contributed by atoms with Gasteiger partial charge in [0.15, 0.2) is 5.96 Å². The molecule has 166 valence electrons. The Morgan fingerprint density at radius 1 is 0.929 bits per heavy atom. The fourth-order valence-corrected chi connectivity index (χ4v) is 3.14. The molecule has 28 heavy (non-hydrogen) atoms. The molecule has 0 atom stereocenters. The summed E-state index contributed by atoms with van der Waals surface area (Å²) in [6, 6.07) is 0. The van der Waals surface area contributed by atoms with Crippen molar-refractivity contribution in [2.45, 2.75) is 58.3 Å². The number of carbonyl (C=O) groups excluding carboxylic acids is 1. The van der Waals surface area contributed by atoms with Crippen LogP contribution in [-0.4, -0.2) is 65.0 Å². The van der Waals surface area contributed by atoms with Crippen molar-refractivity contribution >= 4 is 35.8 Å². The number of hydrogen-bond acceptors (Lipinski definition) is 4. The predicted octanol–water partition coefficient (Wildman–Crippen LogP) is 2.69. The Morgan fingerprint density at radius 3 is 2.25 bits per heavy atom. The summed E-state index contributed by atoms with van der Waals surface area (Å²) in [6.45, 7) is 6.78. The summed E-state index contributed by atoms with van der Waals surface area (Å²) < 4.78 is 11.0. The second-order valence-electron chi connectivity index (χ2n) is 7.06. The third kappa shape index (κ3) is 15.3. The molecule has 0 aromatic carbocycles. The monoisotopic (exact) mass is 512 g/mol. The summed E-state index contributed by atoms with van der Waals surface area (Å²) >= 11 is 0. The number of amides is 1. The number of nitrogens with zero attached hydrogens (tertiary/aromatic N) is 1. The number of carbonyl (C=O) groups is 1. The lowest BCUT2D eigenvalue weighted by Gasteiger charge is -2.20. The molecule has 7 nitrogen and oxygen atoms in total. The Bertz CT molecular complexity index is 405. The largest absolute Gasteiger partial charge is 0.379 e. The number of guanidine groups is 1. The predicted molar refractivity (Wildman–Crippen MR) is 126 cm³/mol. The molecular weight excluding hydrogens is 471 g/mol. The van der Waals surface area contributed by atoms with Crippen LogP contribution in [-0.2, 0) is 14.3 Å². The standard InChI is InChI=1S/C20H40N4O3.HI/c1-3-4-13-26-15-16-27-14-12-24-20(21-2)23-11-10-22-19(25)17-18-8-6-5-7-9-18;/h18H,3-17H2,1-2H3,(H,22,25)(H2,21,23,24);1H. The molecule has 0 radical (unpaired) electrons. The van der Waals surface area contributed by atoms with Crippen LogP contribution in [0.5, 0.6) is 0 Å². The first-order valence-corrected chi connectivity index (χ1v) is 10.6. The van der Waals surface area contributed by atoms with Crippen LogP contribution in [0.1, 0.15) is 58.3 Å². The van der Waals surface area contributed by atoms with Crippen molar-refractivity contribution in [1.82, 2.24) is 16.0 Å². The Morgan fingerprint density at radius 2 is 1.57 bits per heavy atom. The normalized spacial score (nSPS) is 15.0. The Hall–Kier alpha value is -0.610. The van der Waals surface area contributed by atoms with Gasteiger partial charge in [-0.05, 0) is 25.2 Å². The van der Waals surface area contributed by atoms with E-state index in [1.807, 2.05) is 0 Å². The van der Waals surface area contributed by atoms with Gasteiger partial charge in [0, 0.05) is 39.7 Å². The lowest BCUT2D eigenvalue weighted by atomic mass is 9.87. The van der Waals surface area contributed by atoms with Crippen molar-refractivity contribution in [3.05, 3.63) is 0 Å². The summed E-state index contributed by atoms with van der Waals surface area (Å²) in [4.78, 5) is 16.1. The lowest BCUT2D eigenvalue weighted by Crippen LogP contribution is -2.42. The van der Waals surface area contributed by atoms with Crippen LogP contribution in [0.15, 0.2) is 4.99 Å². The highest BCUT2D eigenvalue weighted by atomic mass is 127. The highest BCUT2D eigenvalue weighted by Gasteiger charge is 2.16. The van der Waals surface area contributed by atoms with Gasteiger partial charge in [0.2, 0.25) is 5.91 Å². The van der Waals surface area contributed by atoms with Gasteiger partial charge in [-0.25, -0.2) is 0 Å². The molecule has 0 bridgehead atoms. The maximum Gasteiger partial charge on any atom is 0.220 e. The van der Waals surface area contributed by atoms with Crippen LogP contribution in [0, 0.1) is 5.92 Å². The minimum Gasteiger partial charge on any atom is -0.379 e. The highest BCUT2D eigenvalue weighted by Crippen LogP contribution is 2.25. The summed E-state index contributed by atoms with van der Waals surface area (Å²) in [5.41, 5.74) is 0. The molecule has 0 spiro atoms. The molecular formula is C20H41IN4O3. The second kappa shape index (κ2) is 19.7. The first-order valence-electron chi connectivity index (χ1n) is 10.6. The van der Waals surface area contributed by atoms with E-state index in [1.54, 1.807) is 7.05 Å². The molecule has 1 rings (SSSR count). The zero-order valence-electron chi connectivity index (χ0n) is 17.8. The molecule has 0 unspecified atom stereocenters.